The summed E-state index contributed by atoms with van der Waals surface area (Å²) in [5.41, 5.74) is 1.23. The molecule has 2 nitrogen and oxygen atoms in total. The predicted molar refractivity (Wildman–Crippen MR) is 61.7 cm³/mol. The highest BCUT2D eigenvalue weighted by molar-refractivity contribution is 5.19. The minimum atomic E-state index is -0.377. The normalized spacial score (nSPS) is 14.2. The second-order valence-electron chi connectivity index (χ2n) is 5.27. The molecule has 2 heteroatoms. The molecule has 1 atom stereocenters. The third-order valence-electron chi connectivity index (χ3n) is 2.63. The summed E-state index contributed by atoms with van der Waals surface area (Å²) in [6.07, 6.45) is 3.94. The molecule has 0 amide bonds. The number of rotatable bonds is 4. The summed E-state index contributed by atoms with van der Waals surface area (Å²) < 4.78 is 5.31. The van der Waals surface area contributed by atoms with Crippen molar-refractivity contribution in [3.8, 4) is 0 Å². The van der Waals surface area contributed by atoms with Gasteiger partial charge in [0.15, 0.2) is 0 Å². The van der Waals surface area contributed by atoms with Gasteiger partial charge in [0.25, 0.3) is 0 Å². The van der Waals surface area contributed by atoms with E-state index >= 15 is 0 Å². The van der Waals surface area contributed by atoms with Crippen LogP contribution in [-0.4, -0.2) is 5.11 Å². The fourth-order valence-corrected chi connectivity index (χ4v) is 1.66. The summed E-state index contributed by atoms with van der Waals surface area (Å²) in [4.78, 5) is 0. The van der Waals surface area contributed by atoms with Crippen molar-refractivity contribution in [3.05, 3.63) is 23.7 Å². The van der Waals surface area contributed by atoms with Crippen molar-refractivity contribution in [2.45, 2.75) is 53.1 Å². The Morgan fingerprint density at radius 3 is 2.60 bits per heavy atom. The lowest BCUT2D eigenvalue weighted by Crippen LogP contribution is -2.08. The van der Waals surface area contributed by atoms with Crippen molar-refractivity contribution in [3.63, 3.8) is 0 Å². The van der Waals surface area contributed by atoms with Crippen molar-refractivity contribution in [1.29, 1.82) is 0 Å². The van der Waals surface area contributed by atoms with Gasteiger partial charge in [0.1, 0.15) is 5.76 Å². The van der Waals surface area contributed by atoms with E-state index in [9.17, 15) is 5.11 Å². The van der Waals surface area contributed by atoms with Crippen LogP contribution in [0.4, 0.5) is 0 Å². The molecular formula is C13H22O2. The molecule has 0 saturated carbocycles. The highest BCUT2D eigenvalue weighted by atomic mass is 16.3. The molecule has 0 fully saturated rings. The number of aliphatic hydroxyl groups excluding tert-OH is 1. The number of hydrogen-bond acceptors (Lipinski definition) is 2. The van der Waals surface area contributed by atoms with E-state index < -0.39 is 0 Å². The summed E-state index contributed by atoms with van der Waals surface area (Å²) in [6, 6.07) is 1.88. The van der Waals surface area contributed by atoms with Crippen LogP contribution < -0.4 is 0 Å². The standard InChI is InChI=1S/C13H22O2/c1-5-12-10(7-9-15-12)11(14)6-8-13(2,3)4/h7,9,11,14H,5-6,8H2,1-4H3. The van der Waals surface area contributed by atoms with E-state index in [0.717, 1.165) is 30.6 Å². The number of aliphatic hydroxyl groups is 1. The van der Waals surface area contributed by atoms with Gasteiger partial charge in [0.05, 0.1) is 12.4 Å². The van der Waals surface area contributed by atoms with Gasteiger partial charge < -0.3 is 9.52 Å². The zero-order chi connectivity index (χ0) is 11.5. The minimum absolute atomic E-state index is 0.275. The maximum Gasteiger partial charge on any atom is 0.109 e. The average Bonchev–Trinajstić information content (AvgIpc) is 2.60. The molecule has 0 spiro atoms. The Morgan fingerprint density at radius 1 is 1.40 bits per heavy atom. The van der Waals surface area contributed by atoms with Crippen molar-refractivity contribution >= 4 is 0 Å². The van der Waals surface area contributed by atoms with Crippen LogP contribution in [0.3, 0.4) is 0 Å². The maximum atomic E-state index is 10.0. The van der Waals surface area contributed by atoms with Crippen LogP contribution in [0.1, 0.15) is 58.0 Å². The molecule has 1 unspecified atom stereocenters. The van der Waals surface area contributed by atoms with Gasteiger partial charge in [-0.3, -0.25) is 0 Å². The molecule has 1 aromatic rings. The topological polar surface area (TPSA) is 33.4 Å². The van der Waals surface area contributed by atoms with Crippen molar-refractivity contribution in [2.75, 3.05) is 0 Å². The van der Waals surface area contributed by atoms with Crippen LogP contribution >= 0.6 is 0 Å². The Morgan fingerprint density at radius 2 is 2.07 bits per heavy atom. The van der Waals surface area contributed by atoms with Crippen molar-refractivity contribution < 1.29 is 9.52 Å². The zero-order valence-corrected chi connectivity index (χ0v) is 10.2. The largest absolute Gasteiger partial charge is 0.469 e. The first-order valence-corrected chi connectivity index (χ1v) is 5.68. The second-order valence-corrected chi connectivity index (χ2v) is 5.27. The zero-order valence-electron chi connectivity index (χ0n) is 10.2. The molecule has 1 heterocycles. The predicted octanol–water partition coefficient (Wildman–Crippen LogP) is 3.70. The lowest BCUT2D eigenvalue weighted by molar-refractivity contribution is 0.145. The molecule has 0 saturated heterocycles. The molecule has 1 rings (SSSR count). The van der Waals surface area contributed by atoms with E-state index in [4.69, 9.17) is 4.42 Å². The number of furan rings is 1. The Labute approximate surface area is 92.3 Å². The fraction of sp³-hybridized carbons (Fsp3) is 0.692. The lowest BCUT2D eigenvalue weighted by atomic mass is 9.88. The molecule has 15 heavy (non-hydrogen) atoms. The van der Waals surface area contributed by atoms with Crippen molar-refractivity contribution in [1.82, 2.24) is 0 Å². The molecule has 86 valence electrons. The van der Waals surface area contributed by atoms with Gasteiger partial charge in [-0.05, 0) is 24.3 Å². The monoisotopic (exact) mass is 210 g/mol. The number of aryl methyl sites for hydroxylation is 1. The molecule has 0 aliphatic carbocycles. The molecular weight excluding hydrogens is 188 g/mol. The van der Waals surface area contributed by atoms with E-state index in [1.165, 1.54) is 0 Å². The van der Waals surface area contributed by atoms with Crippen LogP contribution in [-0.2, 0) is 6.42 Å². The van der Waals surface area contributed by atoms with Gasteiger partial charge in [-0.25, -0.2) is 0 Å². The highest BCUT2D eigenvalue weighted by Gasteiger charge is 2.17. The van der Waals surface area contributed by atoms with Gasteiger partial charge in [-0.1, -0.05) is 27.7 Å². The Kier molecular flexibility index (Phi) is 3.97. The van der Waals surface area contributed by atoms with E-state index in [2.05, 4.69) is 20.8 Å². The van der Waals surface area contributed by atoms with E-state index in [1.54, 1.807) is 6.26 Å². The van der Waals surface area contributed by atoms with Crippen LogP contribution in [0.2, 0.25) is 0 Å². The quantitative estimate of drug-likeness (QED) is 0.822. The fourth-order valence-electron chi connectivity index (χ4n) is 1.66. The SMILES string of the molecule is CCc1occc1C(O)CCC(C)(C)C. The maximum absolute atomic E-state index is 10.0. The third-order valence-corrected chi connectivity index (χ3v) is 2.63. The van der Waals surface area contributed by atoms with Crippen LogP contribution in [0.5, 0.6) is 0 Å². The summed E-state index contributed by atoms with van der Waals surface area (Å²) in [7, 11) is 0. The van der Waals surface area contributed by atoms with Gasteiger partial charge in [0.2, 0.25) is 0 Å². The summed E-state index contributed by atoms with van der Waals surface area (Å²) in [5.74, 6) is 0.913. The van der Waals surface area contributed by atoms with Crippen molar-refractivity contribution in [2.24, 2.45) is 5.41 Å². The third kappa shape index (κ3) is 3.71. The number of hydrogen-bond donors (Lipinski definition) is 1. The Bertz CT molecular complexity index is 294. The highest BCUT2D eigenvalue weighted by Crippen LogP contribution is 2.29. The van der Waals surface area contributed by atoms with Crippen LogP contribution in [0.15, 0.2) is 16.7 Å². The van der Waals surface area contributed by atoms with Gasteiger partial charge in [-0.2, -0.15) is 0 Å². The summed E-state index contributed by atoms with van der Waals surface area (Å²) >= 11 is 0. The van der Waals surface area contributed by atoms with E-state index in [0.29, 0.717) is 0 Å². The van der Waals surface area contributed by atoms with Gasteiger partial charge in [-0.15, -0.1) is 0 Å². The van der Waals surface area contributed by atoms with E-state index in [-0.39, 0.29) is 11.5 Å². The van der Waals surface area contributed by atoms with Gasteiger partial charge >= 0.3 is 0 Å². The summed E-state index contributed by atoms with van der Waals surface area (Å²) in [5, 5.41) is 10.0. The van der Waals surface area contributed by atoms with Crippen LogP contribution in [0, 0.1) is 5.41 Å². The molecule has 1 N–H and O–H groups in total. The first-order chi connectivity index (χ1) is 6.94. The summed E-state index contributed by atoms with van der Waals surface area (Å²) in [6.45, 7) is 8.61. The first kappa shape index (κ1) is 12.3. The second kappa shape index (κ2) is 4.84. The van der Waals surface area contributed by atoms with Crippen LogP contribution in [0.25, 0.3) is 0 Å². The first-order valence-electron chi connectivity index (χ1n) is 5.68. The molecule has 0 aliphatic heterocycles. The molecule has 1 aromatic heterocycles. The smallest absolute Gasteiger partial charge is 0.109 e. The lowest BCUT2D eigenvalue weighted by Gasteiger charge is -2.20. The Balaban J connectivity index is 2.57. The van der Waals surface area contributed by atoms with E-state index in [1.807, 2.05) is 13.0 Å². The van der Waals surface area contributed by atoms with Gasteiger partial charge in [0, 0.05) is 12.0 Å². The minimum Gasteiger partial charge on any atom is -0.469 e. The molecule has 0 aliphatic rings. The molecule has 0 bridgehead atoms. The molecule has 0 aromatic carbocycles. The molecule has 0 radical (unpaired) electrons. The Hall–Kier alpha value is -0.760. The average molecular weight is 210 g/mol.